The van der Waals surface area contributed by atoms with Crippen LogP contribution >= 0.6 is 0 Å². The van der Waals surface area contributed by atoms with Gasteiger partial charge in [-0.15, -0.1) is 0 Å². The lowest BCUT2D eigenvalue weighted by Crippen LogP contribution is -2.40. The summed E-state index contributed by atoms with van der Waals surface area (Å²) in [6.45, 7) is 1.76. The number of carbonyl (C=O) groups is 2. The van der Waals surface area contributed by atoms with Crippen molar-refractivity contribution in [1.82, 2.24) is 4.90 Å². The monoisotopic (exact) mass is 295 g/mol. The van der Waals surface area contributed by atoms with Crippen molar-refractivity contribution in [1.29, 1.82) is 0 Å². The molecule has 2 atom stereocenters. The Bertz CT molecular complexity index is 561. The summed E-state index contributed by atoms with van der Waals surface area (Å²) in [4.78, 5) is 25.3. The predicted molar refractivity (Wildman–Crippen MR) is 73.3 cm³/mol. The van der Waals surface area contributed by atoms with Crippen LogP contribution in [0.25, 0.3) is 0 Å². The molecule has 0 spiro atoms. The number of nitrogens with zero attached hydrogens (tertiary/aromatic N) is 1. The van der Waals surface area contributed by atoms with Crippen LogP contribution in [0, 0.1) is 5.82 Å². The Morgan fingerprint density at radius 2 is 2.14 bits per heavy atom. The summed E-state index contributed by atoms with van der Waals surface area (Å²) in [7, 11) is 2.68. The smallest absolute Gasteiger partial charge is 0.328 e. The zero-order valence-corrected chi connectivity index (χ0v) is 12.3. The average Bonchev–Trinajstić information content (AvgIpc) is 2.87. The zero-order chi connectivity index (χ0) is 15.6. The molecule has 1 amide bonds. The first kappa shape index (κ1) is 15.3. The van der Waals surface area contributed by atoms with Crippen molar-refractivity contribution < 1.29 is 23.5 Å². The molecular weight excluding hydrogens is 277 g/mol. The number of methoxy groups -OCH3 is 2. The fraction of sp³-hybridized carbons (Fsp3) is 0.467. The van der Waals surface area contributed by atoms with Crippen LogP contribution in [0.1, 0.15) is 31.4 Å². The summed E-state index contributed by atoms with van der Waals surface area (Å²) >= 11 is 0. The van der Waals surface area contributed by atoms with Gasteiger partial charge in [0.15, 0.2) is 11.6 Å². The lowest BCUT2D eigenvalue weighted by molar-refractivity contribution is -0.150. The second kappa shape index (κ2) is 6.11. The van der Waals surface area contributed by atoms with Crippen molar-refractivity contribution in [3.05, 3.63) is 29.6 Å². The van der Waals surface area contributed by atoms with E-state index in [2.05, 4.69) is 0 Å². The highest BCUT2D eigenvalue weighted by atomic mass is 19.1. The summed E-state index contributed by atoms with van der Waals surface area (Å²) < 4.78 is 23.4. The van der Waals surface area contributed by atoms with E-state index in [-0.39, 0.29) is 11.7 Å². The Labute approximate surface area is 122 Å². The molecule has 1 aliphatic rings. The number of amides is 1. The lowest BCUT2D eigenvalue weighted by atomic mass is 10.1. The normalized spacial score (nSPS) is 19.5. The Hall–Kier alpha value is -2.11. The van der Waals surface area contributed by atoms with Crippen LogP contribution in [0.5, 0.6) is 5.75 Å². The van der Waals surface area contributed by atoms with Crippen molar-refractivity contribution in [3.8, 4) is 5.75 Å². The van der Waals surface area contributed by atoms with E-state index in [1.807, 2.05) is 0 Å². The predicted octanol–water partition coefficient (Wildman–Crippen LogP) is 2.06. The van der Waals surface area contributed by atoms with Crippen molar-refractivity contribution >= 4 is 11.9 Å². The van der Waals surface area contributed by atoms with E-state index in [0.717, 1.165) is 0 Å². The highest BCUT2D eigenvalue weighted by Gasteiger charge is 2.40. The number of hydrogen-bond acceptors (Lipinski definition) is 4. The summed E-state index contributed by atoms with van der Waals surface area (Å²) in [6, 6.07) is 3.50. The Balaban J connectivity index is 2.28. The number of benzene rings is 1. The molecule has 1 fully saturated rings. The van der Waals surface area contributed by atoms with E-state index in [1.165, 1.54) is 31.3 Å². The largest absolute Gasteiger partial charge is 0.494 e. The van der Waals surface area contributed by atoms with E-state index in [0.29, 0.717) is 18.4 Å². The van der Waals surface area contributed by atoms with Crippen LogP contribution in [0.3, 0.4) is 0 Å². The van der Waals surface area contributed by atoms with Gasteiger partial charge in [0.05, 0.1) is 20.3 Å². The van der Waals surface area contributed by atoms with Gasteiger partial charge >= 0.3 is 5.97 Å². The van der Waals surface area contributed by atoms with Gasteiger partial charge in [-0.3, -0.25) is 4.79 Å². The number of hydrogen-bond donors (Lipinski definition) is 0. The first-order valence-electron chi connectivity index (χ1n) is 6.72. The highest BCUT2D eigenvalue weighted by Crippen LogP contribution is 2.32. The Morgan fingerprint density at radius 3 is 2.71 bits per heavy atom. The van der Waals surface area contributed by atoms with Crippen molar-refractivity contribution in [2.45, 2.75) is 31.8 Å². The number of esters is 1. The molecule has 1 aliphatic heterocycles. The van der Waals surface area contributed by atoms with Crippen molar-refractivity contribution in [2.75, 3.05) is 14.2 Å². The van der Waals surface area contributed by atoms with Crippen LogP contribution in [0.2, 0.25) is 0 Å². The van der Waals surface area contributed by atoms with Crippen LogP contribution in [-0.2, 0) is 14.3 Å². The highest BCUT2D eigenvalue weighted by molar-refractivity contribution is 5.88. The Morgan fingerprint density at radius 1 is 1.43 bits per heavy atom. The Kier molecular flexibility index (Phi) is 4.45. The van der Waals surface area contributed by atoms with Gasteiger partial charge in [-0.1, -0.05) is 6.07 Å². The molecule has 5 nitrogen and oxygen atoms in total. The quantitative estimate of drug-likeness (QED) is 0.798. The standard InChI is InChI=1S/C15H18FNO4/c1-9(10-4-6-13(20-2)11(16)8-10)17-12(15(19)21-3)5-7-14(17)18/h4,6,8-9,12H,5,7H2,1-3H3. The molecule has 1 aromatic rings. The first-order valence-corrected chi connectivity index (χ1v) is 6.72. The molecule has 0 aliphatic carbocycles. The summed E-state index contributed by atoms with van der Waals surface area (Å²) in [5.41, 5.74) is 0.609. The fourth-order valence-corrected chi connectivity index (χ4v) is 2.66. The van der Waals surface area contributed by atoms with Crippen LogP contribution < -0.4 is 4.74 Å². The van der Waals surface area contributed by atoms with Gasteiger partial charge in [-0.2, -0.15) is 0 Å². The summed E-state index contributed by atoms with van der Waals surface area (Å²) in [5, 5.41) is 0. The van der Waals surface area contributed by atoms with Gasteiger partial charge < -0.3 is 14.4 Å². The molecule has 1 saturated heterocycles. The van der Waals surface area contributed by atoms with Gasteiger partial charge in [-0.05, 0) is 31.0 Å². The molecule has 0 aromatic heterocycles. The van der Waals surface area contributed by atoms with E-state index < -0.39 is 23.9 Å². The second-order valence-electron chi connectivity index (χ2n) is 4.95. The minimum absolute atomic E-state index is 0.130. The zero-order valence-electron chi connectivity index (χ0n) is 12.3. The van der Waals surface area contributed by atoms with Crippen molar-refractivity contribution in [3.63, 3.8) is 0 Å². The maximum Gasteiger partial charge on any atom is 0.328 e. The summed E-state index contributed by atoms with van der Waals surface area (Å²) in [6.07, 6.45) is 0.719. The number of carbonyl (C=O) groups excluding carboxylic acids is 2. The van der Waals surface area contributed by atoms with Gasteiger partial charge in [0, 0.05) is 6.42 Å². The van der Waals surface area contributed by atoms with Gasteiger partial charge in [0.25, 0.3) is 0 Å². The molecule has 0 saturated carbocycles. The van der Waals surface area contributed by atoms with Crippen molar-refractivity contribution in [2.24, 2.45) is 0 Å². The van der Waals surface area contributed by atoms with E-state index in [4.69, 9.17) is 9.47 Å². The van der Waals surface area contributed by atoms with Gasteiger partial charge in [0.1, 0.15) is 6.04 Å². The fourth-order valence-electron chi connectivity index (χ4n) is 2.66. The minimum atomic E-state index is -0.609. The van der Waals surface area contributed by atoms with Crippen LogP contribution in [-0.4, -0.2) is 37.0 Å². The molecule has 2 unspecified atom stereocenters. The molecular formula is C15H18FNO4. The molecule has 0 radical (unpaired) electrons. The third-order valence-electron chi connectivity index (χ3n) is 3.80. The van der Waals surface area contributed by atoms with Crippen LogP contribution in [0.15, 0.2) is 18.2 Å². The van der Waals surface area contributed by atoms with Gasteiger partial charge in [0.2, 0.25) is 5.91 Å². The number of rotatable bonds is 4. The topological polar surface area (TPSA) is 55.8 Å². The third kappa shape index (κ3) is 2.84. The van der Waals surface area contributed by atoms with E-state index >= 15 is 0 Å². The molecule has 1 heterocycles. The maximum atomic E-state index is 13.8. The minimum Gasteiger partial charge on any atom is -0.494 e. The molecule has 21 heavy (non-hydrogen) atoms. The lowest BCUT2D eigenvalue weighted by Gasteiger charge is -2.29. The van der Waals surface area contributed by atoms with E-state index in [1.54, 1.807) is 13.0 Å². The number of ether oxygens (including phenoxy) is 2. The first-order chi connectivity index (χ1) is 9.99. The molecule has 2 rings (SSSR count). The molecule has 6 heteroatoms. The number of halogens is 1. The SMILES string of the molecule is COC(=O)C1CCC(=O)N1C(C)c1ccc(OC)c(F)c1. The van der Waals surface area contributed by atoms with Crippen LogP contribution in [0.4, 0.5) is 4.39 Å². The average molecular weight is 295 g/mol. The second-order valence-corrected chi connectivity index (χ2v) is 4.95. The van der Waals surface area contributed by atoms with E-state index in [9.17, 15) is 14.0 Å². The molecule has 0 bridgehead atoms. The molecule has 114 valence electrons. The molecule has 1 aromatic carbocycles. The summed E-state index contributed by atoms with van der Waals surface area (Å²) in [5.74, 6) is -0.929. The third-order valence-corrected chi connectivity index (χ3v) is 3.80. The van der Waals surface area contributed by atoms with Gasteiger partial charge in [-0.25, -0.2) is 9.18 Å². The number of likely N-dealkylation sites (tertiary alicyclic amines) is 1. The maximum absolute atomic E-state index is 13.8. The molecule has 0 N–H and O–H groups in total.